The van der Waals surface area contributed by atoms with Gasteiger partial charge in [0.25, 0.3) is 0 Å². The molecule has 0 unspecified atom stereocenters. The van der Waals surface area contributed by atoms with Crippen molar-refractivity contribution < 1.29 is 14.6 Å². The Morgan fingerprint density at radius 3 is 2.89 bits per heavy atom. The zero-order chi connectivity index (χ0) is 13.8. The van der Waals surface area contributed by atoms with Crippen LogP contribution in [0.4, 0.5) is 11.5 Å². The van der Waals surface area contributed by atoms with Crippen molar-refractivity contribution in [3.63, 3.8) is 0 Å². The molecule has 0 aliphatic heterocycles. The number of nitrogens with zero attached hydrogens (tertiary/aromatic N) is 2. The topological polar surface area (TPSA) is 76.4 Å². The van der Waals surface area contributed by atoms with Crippen LogP contribution < -0.4 is 10.1 Å². The van der Waals surface area contributed by atoms with E-state index < -0.39 is 5.97 Å². The van der Waals surface area contributed by atoms with Crippen molar-refractivity contribution >= 4 is 17.5 Å². The number of hydrogen-bond donors (Lipinski definition) is 2. The molecule has 0 aliphatic carbocycles. The van der Waals surface area contributed by atoms with E-state index in [9.17, 15) is 9.90 Å². The second-order valence-corrected chi connectivity index (χ2v) is 3.87. The Balaban J connectivity index is 2.39. The van der Waals surface area contributed by atoms with Gasteiger partial charge < -0.3 is 15.2 Å². The van der Waals surface area contributed by atoms with E-state index in [0.29, 0.717) is 18.0 Å². The van der Waals surface area contributed by atoms with Gasteiger partial charge in [0.15, 0.2) is 0 Å². The molecule has 1 heterocycles. The molecule has 6 heteroatoms. The lowest BCUT2D eigenvalue weighted by molar-refractivity contribution is 0.0698. The summed E-state index contributed by atoms with van der Waals surface area (Å²) in [5.74, 6) is 0.334. The van der Waals surface area contributed by atoms with Crippen molar-refractivity contribution in [1.82, 2.24) is 9.78 Å². The number of carboxylic acids is 1. The number of aromatic carboxylic acids is 1. The zero-order valence-electron chi connectivity index (χ0n) is 10.8. The lowest BCUT2D eigenvalue weighted by Gasteiger charge is -2.12. The summed E-state index contributed by atoms with van der Waals surface area (Å²) in [4.78, 5) is 11.2. The maximum atomic E-state index is 11.2. The van der Waals surface area contributed by atoms with Gasteiger partial charge in [-0.2, -0.15) is 5.10 Å². The van der Waals surface area contributed by atoms with Gasteiger partial charge in [0, 0.05) is 18.7 Å². The number of anilines is 2. The van der Waals surface area contributed by atoms with Crippen LogP contribution in [0.2, 0.25) is 0 Å². The number of aromatic nitrogens is 2. The van der Waals surface area contributed by atoms with E-state index in [4.69, 9.17) is 4.74 Å². The van der Waals surface area contributed by atoms with E-state index >= 15 is 0 Å². The number of methoxy groups -OCH3 is 1. The predicted molar refractivity (Wildman–Crippen MR) is 71.1 cm³/mol. The van der Waals surface area contributed by atoms with Crippen LogP contribution in [0.1, 0.15) is 17.3 Å². The molecule has 100 valence electrons. The SMILES string of the molecule is CCn1nccc1Nc1cc(OC)ccc1C(=O)O. The Kier molecular flexibility index (Phi) is 3.70. The number of benzene rings is 1. The number of carboxylic acid groups (broad SMARTS) is 1. The molecule has 2 aromatic rings. The van der Waals surface area contributed by atoms with Crippen LogP contribution in [-0.2, 0) is 6.54 Å². The van der Waals surface area contributed by atoms with Crippen LogP contribution in [0, 0.1) is 0 Å². The fraction of sp³-hybridized carbons (Fsp3) is 0.231. The molecule has 6 nitrogen and oxygen atoms in total. The number of carbonyl (C=O) groups is 1. The van der Waals surface area contributed by atoms with Crippen molar-refractivity contribution in [2.75, 3.05) is 12.4 Å². The van der Waals surface area contributed by atoms with Crippen LogP contribution in [-0.4, -0.2) is 28.0 Å². The molecule has 1 aromatic heterocycles. The van der Waals surface area contributed by atoms with E-state index in [0.717, 1.165) is 5.82 Å². The molecule has 1 aromatic carbocycles. The Morgan fingerprint density at radius 1 is 1.47 bits per heavy atom. The summed E-state index contributed by atoms with van der Waals surface area (Å²) < 4.78 is 6.85. The first-order valence-corrected chi connectivity index (χ1v) is 5.86. The normalized spacial score (nSPS) is 10.2. The first kappa shape index (κ1) is 12.9. The molecule has 0 radical (unpaired) electrons. The van der Waals surface area contributed by atoms with Gasteiger partial charge in [-0.15, -0.1) is 0 Å². The van der Waals surface area contributed by atoms with Gasteiger partial charge in [0.1, 0.15) is 11.6 Å². The average Bonchev–Trinajstić information content (AvgIpc) is 2.85. The highest BCUT2D eigenvalue weighted by molar-refractivity contribution is 5.95. The van der Waals surface area contributed by atoms with Crippen LogP contribution in [0.5, 0.6) is 5.75 Å². The molecule has 2 rings (SSSR count). The van der Waals surface area contributed by atoms with Crippen molar-refractivity contribution in [2.45, 2.75) is 13.5 Å². The van der Waals surface area contributed by atoms with Crippen molar-refractivity contribution in [3.05, 3.63) is 36.0 Å². The highest BCUT2D eigenvalue weighted by Crippen LogP contribution is 2.25. The van der Waals surface area contributed by atoms with E-state index in [1.54, 1.807) is 29.1 Å². The third kappa shape index (κ3) is 2.67. The van der Waals surface area contributed by atoms with Crippen LogP contribution >= 0.6 is 0 Å². The van der Waals surface area contributed by atoms with Gasteiger partial charge >= 0.3 is 5.97 Å². The number of hydrogen-bond acceptors (Lipinski definition) is 4. The highest BCUT2D eigenvalue weighted by Gasteiger charge is 2.12. The van der Waals surface area contributed by atoms with E-state index in [2.05, 4.69) is 10.4 Å². The lowest BCUT2D eigenvalue weighted by Crippen LogP contribution is -2.07. The third-order valence-corrected chi connectivity index (χ3v) is 2.74. The molecule has 0 saturated heterocycles. The Morgan fingerprint density at radius 2 is 2.26 bits per heavy atom. The average molecular weight is 261 g/mol. The first-order chi connectivity index (χ1) is 9.15. The van der Waals surface area contributed by atoms with E-state index in [1.165, 1.54) is 13.2 Å². The van der Waals surface area contributed by atoms with Crippen molar-refractivity contribution in [2.24, 2.45) is 0 Å². The Bertz CT molecular complexity index is 593. The number of ether oxygens (including phenoxy) is 1. The smallest absolute Gasteiger partial charge is 0.337 e. The lowest BCUT2D eigenvalue weighted by atomic mass is 10.1. The molecule has 0 atom stereocenters. The summed E-state index contributed by atoms with van der Waals surface area (Å²) in [5, 5.41) is 16.4. The number of nitrogens with one attached hydrogen (secondary N) is 1. The summed E-state index contributed by atoms with van der Waals surface area (Å²) in [6.07, 6.45) is 1.66. The minimum Gasteiger partial charge on any atom is -0.497 e. The van der Waals surface area contributed by atoms with Gasteiger partial charge in [0.05, 0.1) is 24.6 Å². The fourth-order valence-corrected chi connectivity index (χ4v) is 1.77. The van der Waals surface area contributed by atoms with Gasteiger partial charge in [-0.25, -0.2) is 9.48 Å². The highest BCUT2D eigenvalue weighted by atomic mass is 16.5. The van der Waals surface area contributed by atoms with Crippen LogP contribution in [0.15, 0.2) is 30.5 Å². The third-order valence-electron chi connectivity index (χ3n) is 2.74. The van der Waals surface area contributed by atoms with Crippen molar-refractivity contribution in [1.29, 1.82) is 0 Å². The summed E-state index contributed by atoms with van der Waals surface area (Å²) in [6, 6.07) is 6.56. The van der Waals surface area contributed by atoms with E-state index in [-0.39, 0.29) is 5.56 Å². The molecule has 2 N–H and O–H groups in total. The van der Waals surface area contributed by atoms with Gasteiger partial charge in [0.2, 0.25) is 0 Å². The summed E-state index contributed by atoms with van der Waals surface area (Å²) in [7, 11) is 1.54. The maximum absolute atomic E-state index is 11.2. The largest absolute Gasteiger partial charge is 0.497 e. The molecular weight excluding hydrogens is 246 g/mol. The molecule has 0 amide bonds. The minimum absolute atomic E-state index is 0.185. The molecule has 0 fully saturated rings. The Labute approximate surface area is 110 Å². The van der Waals surface area contributed by atoms with Crippen LogP contribution in [0.25, 0.3) is 0 Å². The summed E-state index contributed by atoms with van der Waals surface area (Å²) in [5.41, 5.74) is 0.659. The van der Waals surface area contributed by atoms with Gasteiger partial charge in [-0.05, 0) is 19.1 Å². The quantitative estimate of drug-likeness (QED) is 0.864. The molecule has 0 aliphatic rings. The first-order valence-electron chi connectivity index (χ1n) is 5.86. The maximum Gasteiger partial charge on any atom is 0.337 e. The fourth-order valence-electron chi connectivity index (χ4n) is 1.77. The van der Waals surface area contributed by atoms with Gasteiger partial charge in [-0.1, -0.05) is 0 Å². The molecule has 19 heavy (non-hydrogen) atoms. The Hall–Kier alpha value is -2.50. The minimum atomic E-state index is -0.993. The number of rotatable bonds is 5. The molecule has 0 spiro atoms. The van der Waals surface area contributed by atoms with Gasteiger partial charge in [-0.3, -0.25) is 0 Å². The zero-order valence-corrected chi connectivity index (χ0v) is 10.8. The van der Waals surface area contributed by atoms with Crippen LogP contribution in [0.3, 0.4) is 0 Å². The summed E-state index contributed by atoms with van der Waals surface area (Å²) in [6.45, 7) is 2.66. The molecule has 0 saturated carbocycles. The molecule has 0 bridgehead atoms. The van der Waals surface area contributed by atoms with E-state index in [1.807, 2.05) is 6.92 Å². The predicted octanol–water partition coefficient (Wildman–Crippen LogP) is 2.35. The second-order valence-electron chi connectivity index (χ2n) is 3.87. The second kappa shape index (κ2) is 5.43. The standard InChI is InChI=1S/C13H15N3O3/c1-3-16-12(6-7-14-16)15-11-8-9(19-2)4-5-10(11)13(17)18/h4-8,15H,3H2,1-2H3,(H,17,18). The summed E-state index contributed by atoms with van der Waals surface area (Å²) >= 11 is 0. The monoisotopic (exact) mass is 261 g/mol. The molecular formula is C13H15N3O3. The number of aryl methyl sites for hydroxylation is 1. The van der Waals surface area contributed by atoms with Crippen molar-refractivity contribution in [3.8, 4) is 5.75 Å².